The highest BCUT2D eigenvalue weighted by Gasteiger charge is 2.28. The van der Waals surface area contributed by atoms with E-state index < -0.39 is 0 Å². The lowest BCUT2D eigenvalue weighted by molar-refractivity contribution is 0.350. The molecule has 1 aliphatic carbocycles. The molecule has 1 saturated carbocycles. The van der Waals surface area contributed by atoms with Gasteiger partial charge >= 0.3 is 0 Å². The Morgan fingerprint density at radius 2 is 2.38 bits per heavy atom. The van der Waals surface area contributed by atoms with Gasteiger partial charge in [-0.05, 0) is 36.8 Å². The average Bonchev–Trinajstić information content (AvgIpc) is 2.74. The Balaban J connectivity index is 1.96. The summed E-state index contributed by atoms with van der Waals surface area (Å²) in [5.74, 6) is 7.23. The van der Waals surface area contributed by atoms with Crippen LogP contribution in [-0.2, 0) is 6.42 Å². The summed E-state index contributed by atoms with van der Waals surface area (Å²) in [6, 6.07) is 6.43. The van der Waals surface area contributed by atoms with Crippen LogP contribution in [0.25, 0.3) is 0 Å². The fourth-order valence-electron chi connectivity index (χ4n) is 2.72. The first-order chi connectivity index (χ1) is 7.79. The van der Waals surface area contributed by atoms with Crippen LogP contribution in [0.3, 0.4) is 0 Å². The van der Waals surface area contributed by atoms with Gasteiger partial charge in [0.2, 0.25) is 0 Å². The van der Waals surface area contributed by atoms with Gasteiger partial charge in [-0.15, -0.1) is 0 Å². The van der Waals surface area contributed by atoms with Gasteiger partial charge in [0.25, 0.3) is 0 Å². The Morgan fingerprint density at radius 1 is 1.50 bits per heavy atom. The fourth-order valence-corrected chi connectivity index (χ4v) is 2.72. The van der Waals surface area contributed by atoms with Crippen molar-refractivity contribution in [3.63, 3.8) is 0 Å². The zero-order valence-corrected chi connectivity index (χ0v) is 9.89. The van der Waals surface area contributed by atoms with Crippen molar-refractivity contribution in [2.24, 2.45) is 17.7 Å². The zero-order chi connectivity index (χ0) is 11.4. The lowest BCUT2D eigenvalue weighted by Gasteiger charge is -2.22. The highest BCUT2D eigenvalue weighted by atomic mass is 15.2. The van der Waals surface area contributed by atoms with E-state index in [4.69, 9.17) is 5.84 Å². The number of hydrogen-bond donors (Lipinski definition) is 2. The molecule has 88 valence electrons. The number of pyridine rings is 1. The van der Waals surface area contributed by atoms with Gasteiger partial charge in [-0.3, -0.25) is 16.3 Å². The summed E-state index contributed by atoms with van der Waals surface area (Å²) >= 11 is 0. The van der Waals surface area contributed by atoms with E-state index in [1.807, 2.05) is 18.3 Å². The summed E-state index contributed by atoms with van der Waals surface area (Å²) in [5, 5.41) is 0. The molecule has 3 atom stereocenters. The Kier molecular flexibility index (Phi) is 3.91. The maximum Gasteiger partial charge on any atom is 0.0419 e. The minimum Gasteiger partial charge on any atom is -0.271 e. The largest absolute Gasteiger partial charge is 0.271 e. The molecular formula is C13H21N3. The van der Waals surface area contributed by atoms with E-state index in [-0.39, 0.29) is 0 Å². The van der Waals surface area contributed by atoms with E-state index in [2.05, 4.69) is 23.4 Å². The molecule has 0 spiro atoms. The number of rotatable bonds is 4. The summed E-state index contributed by atoms with van der Waals surface area (Å²) < 4.78 is 0. The Morgan fingerprint density at radius 3 is 2.94 bits per heavy atom. The van der Waals surface area contributed by atoms with Crippen LogP contribution in [0.2, 0.25) is 0 Å². The number of hydrazine groups is 1. The molecule has 0 saturated heterocycles. The lowest BCUT2D eigenvalue weighted by atomic mass is 9.93. The van der Waals surface area contributed by atoms with Crippen molar-refractivity contribution in [2.45, 2.75) is 38.6 Å². The Labute approximate surface area is 97.4 Å². The molecule has 1 aromatic rings. The second-order valence-corrected chi connectivity index (χ2v) is 4.98. The lowest BCUT2D eigenvalue weighted by Crippen LogP contribution is -2.41. The van der Waals surface area contributed by atoms with Crippen molar-refractivity contribution in [1.82, 2.24) is 10.4 Å². The Bertz CT molecular complexity index is 312. The summed E-state index contributed by atoms with van der Waals surface area (Å²) in [6.45, 7) is 2.33. The maximum atomic E-state index is 5.67. The standard InChI is InChI=1S/C13H21N3/c1-10-5-6-11(8-10)13(16-14)9-12-4-2-3-7-15-12/h2-4,7,10-11,13,16H,5-6,8-9,14H2,1H3. The summed E-state index contributed by atoms with van der Waals surface area (Å²) in [7, 11) is 0. The van der Waals surface area contributed by atoms with Gasteiger partial charge in [-0.1, -0.05) is 19.4 Å². The third-order valence-electron chi connectivity index (χ3n) is 3.67. The smallest absolute Gasteiger partial charge is 0.0419 e. The summed E-state index contributed by atoms with van der Waals surface area (Å²) in [5.41, 5.74) is 4.10. The predicted octanol–water partition coefficient (Wildman–Crippen LogP) is 1.89. The van der Waals surface area contributed by atoms with Gasteiger partial charge in [0.15, 0.2) is 0 Å². The van der Waals surface area contributed by atoms with Crippen molar-refractivity contribution in [3.8, 4) is 0 Å². The summed E-state index contributed by atoms with van der Waals surface area (Å²) in [4.78, 5) is 4.36. The third-order valence-corrected chi connectivity index (χ3v) is 3.67. The Hall–Kier alpha value is -0.930. The van der Waals surface area contributed by atoms with Crippen molar-refractivity contribution in [2.75, 3.05) is 0 Å². The molecule has 16 heavy (non-hydrogen) atoms. The maximum absolute atomic E-state index is 5.67. The minimum atomic E-state index is 0.375. The van der Waals surface area contributed by atoms with E-state index in [1.165, 1.54) is 19.3 Å². The van der Waals surface area contributed by atoms with Crippen LogP contribution >= 0.6 is 0 Å². The van der Waals surface area contributed by atoms with Crippen molar-refractivity contribution in [3.05, 3.63) is 30.1 Å². The van der Waals surface area contributed by atoms with Crippen LogP contribution in [0.5, 0.6) is 0 Å². The van der Waals surface area contributed by atoms with E-state index in [9.17, 15) is 0 Å². The first kappa shape index (κ1) is 11.6. The number of nitrogens with one attached hydrogen (secondary N) is 1. The molecule has 3 N–H and O–H groups in total. The molecule has 1 fully saturated rings. The van der Waals surface area contributed by atoms with Gasteiger partial charge in [0, 0.05) is 24.4 Å². The van der Waals surface area contributed by atoms with E-state index in [0.29, 0.717) is 12.0 Å². The van der Waals surface area contributed by atoms with Crippen molar-refractivity contribution in [1.29, 1.82) is 0 Å². The van der Waals surface area contributed by atoms with E-state index in [0.717, 1.165) is 18.0 Å². The van der Waals surface area contributed by atoms with Crippen molar-refractivity contribution < 1.29 is 0 Å². The molecule has 0 aliphatic heterocycles. The van der Waals surface area contributed by atoms with Gasteiger partial charge in [0.05, 0.1) is 0 Å². The molecule has 0 aromatic carbocycles. The first-order valence-corrected chi connectivity index (χ1v) is 6.15. The molecule has 1 aromatic heterocycles. The molecule has 3 unspecified atom stereocenters. The predicted molar refractivity (Wildman–Crippen MR) is 65.6 cm³/mol. The zero-order valence-electron chi connectivity index (χ0n) is 9.89. The van der Waals surface area contributed by atoms with Crippen LogP contribution in [0, 0.1) is 11.8 Å². The van der Waals surface area contributed by atoms with Gasteiger partial charge in [-0.25, -0.2) is 0 Å². The normalized spacial score (nSPS) is 26.9. The first-order valence-electron chi connectivity index (χ1n) is 6.15. The monoisotopic (exact) mass is 219 g/mol. The summed E-state index contributed by atoms with van der Waals surface area (Å²) in [6.07, 6.45) is 6.71. The average molecular weight is 219 g/mol. The molecular weight excluding hydrogens is 198 g/mol. The number of nitrogens with two attached hydrogens (primary N) is 1. The molecule has 2 rings (SSSR count). The van der Waals surface area contributed by atoms with Crippen molar-refractivity contribution >= 4 is 0 Å². The van der Waals surface area contributed by atoms with Crippen LogP contribution in [0.1, 0.15) is 31.9 Å². The number of hydrogen-bond acceptors (Lipinski definition) is 3. The highest BCUT2D eigenvalue weighted by Crippen LogP contribution is 2.33. The molecule has 0 radical (unpaired) electrons. The molecule has 1 heterocycles. The van der Waals surface area contributed by atoms with Crippen LogP contribution < -0.4 is 11.3 Å². The quantitative estimate of drug-likeness (QED) is 0.600. The van der Waals surface area contributed by atoms with Crippen LogP contribution in [-0.4, -0.2) is 11.0 Å². The van der Waals surface area contributed by atoms with Gasteiger partial charge in [-0.2, -0.15) is 0 Å². The SMILES string of the molecule is CC1CCC(C(Cc2ccccn2)NN)C1. The third kappa shape index (κ3) is 2.80. The number of nitrogens with zero attached hydrogens (tertiary/aromatic N) is 1. The molecule has 0 amide bonds. The highest BCUT2D eigenvalue weighted by molar-refractivity contribution is 5.06. The molecule has 0 bridgehead atoms. The van der Waals surface area contributed by atoms with Crippen LogP contribution in [0.15, 0.2) is 24.4 Å². The van der Waals surface area contributed by atoms with Gasteiger partial charge < -0.3 is 0 Å². The fraction of sp³-hybridized carbons (Fsp3) is 0.615. The molecule has 1 aliphatic rings. The minimum absolute atomic E-state index is 0.375. The molecule has 3 nitrogen and oxygen atoms in total. The second kappa shape index (κ2) is 5.41. The van der Waals surface area contributed by atoms with Gasteiger partial charge in [0.1, 0.15) is 0 Å². The van der Waals surface area contributed by atoms with Crippen LogP contribution in [0.4, 0.5) is 0 Å². The second-order valence-electron chi connectivity index (χ2n) is 4.98. The number of aromatic nitrogens is 1. The van der Waals surface area contributed by atoms with E-state index >= 15 is 0 Å². The topological polar surface area (TPSA) is 50.9 Å². The molecule has 3 heteroatoms. The van der Waals surface area contributed by atoms with E-state index in [1.54, 1.807) is 0 Å².